The van der Waals surface area contributed by atoms with Gasteiger partial charge in [0, 0.05) is 16.3 Å². The van der Waals surface area contributed by atoms with Crippen LogP contribution in [-0.4, -0.2) is 29.3 Å². The summed E-state index contributed by atoms with van der Waals surface area (Å²) in [6.07, 6.45) is 5.36. The van der Waals surface area contributed by atoms with Gasteiger partial charge in [0.1, 0.15) is 6.67 Å². The second-order valence-corrected chi connectivity index (χ2v) is 10.9. The van der Waals surface area contributed by atoms with Gasteiger partial charge in [-0.15, -0.1) is 0 Å². The Bertz CT molecular complexity index is 1260. The van der Waals surface area contributed by atoms with E-state index in [2.05, 4.69) is 12.2 Å². The summed E-state index contributed by atoms with van der Waals surface area (Å²) in [7, 11) is 0. The Morgan fingerprint density at radius 2 is 1.56 bits per heavy atom. The van der Waals surface area contributed by atoms with Gasteiger partial charge in [-0.05, 0) is 72.9 Å². The molecule has 1 aliphatic heterocycles. The van der Waals surface area contributed by atoms with Gasteiger partial charge in [0.05, 0.1) is 21.9 Å². The molecule has 6 unspecified atom stereocenters. The van der Waals surface area contributed by atoms with Gasteiger partial charge < -0.3 is 0 Å². The molecule has 8 heteroatoms. The summed E-state index contributed by atoms with van der Waals surface area (Å²) in [6, 6.07) is 9.84. The number of carbonyl (C=O) groups excluding carboxylic acids is 3. The van der Waals surface area contributed by atoms with E-state index in [1.807, 2.05) is 6.92 Å². The van der Waals surface area contributed by atoms with Crippen molar-refractivity contribution in [2.45, 2.75) is 13.3 Å². The third-order valence-corrected chi connectivity index (χ3v) is 9.06. The number of allylic oxidation sites excluding steroid dienone is 2. The van der Waals surface area contributed by atoms with Crippen molar-refractivity contribution in [3.05, 3.63) is 74.7 Å². The zero-order chi connectivity index (χ0) is 23.9. The predicted molar refractivity (Wildman–Crippen MR) is 131 cm³/mol. The van der Waals surface area contributed by atoms with Crippen LogP contribution in [-0.2, 0) is 9.59 Å². The minimum atomic E-state index is -0.405. The average molecular weight is 516 g/mol. The molecule has 2 saturated carbocycles. The Balaban J connectivity index is 1.36. The Morgan fingerprint density at radius 3 is 2.15 bits per heavy atom. The minimum absolute atomic E-state index is 0.120. The topological polar surface area (TPSA) is 57.7 Å². The van der Waals surface area contributed by atoms with Gasteiger partial charge in [-0.25, -0.2) is 0 Å². The molecule has 1 saturated heterocycles. The van der Waals surface area contributed by atoms with Gasteiger partial charge in [0.15, 0.2) is 0 Å². The zero-order valence-electron chi connectivity index (χ0n) is 18.3. The van der Waals surface area contributed by atoms with Crippen molar-refractivity contribution < 1.29 is 14.4 Å². The largest absolute Gasteiger partial charge is 0.289 e. The van der Waals surface area contributed by atoms with Gasteiger partial charge in [-0.3, -0.25) is 24.2 Å². The van der Waals surface area contributed by atoms with Crippen LogP contribution in [0.4, 0.5) is 5.69 Å². The number of nitrogens with zero attached hydrogens (tertiary/aromatic N) is 2. The summed E-state index contributed by atoms with van der Waals surface area (Å²) in [4.78, 5) is 43.3. The Kier molecular flexibility index (Phi) is 5.11. The third-order valence-electron chi connectivity index (χ3n) is 7.92. The first kappa shape index (κ1) is 22.1. The van der Waals surface area contributed by atoms with E-state index < -0.39 is 5.91 Å². The zero-order valence-corrected chi connectivity index (χ0v) is 20.5. The molecule has 0 radical (unpaired) electrons. The highest BCUT2D eigenvalue weighted by Gasteiger charge is 2.67. The second kappa shape index (κ2) is 7.84. The SMILES string of the molecule is Cc1ccc(N(CN2C(=O)C3C4C=CC(C5CC45)C3C2=O)C(=O)c2ccc(Cl)c(Cl)c2)cc1Cl. The molecular formula is C26H21Cl3N2O3. The Hall–Kier alpha value is -2.34. The lowest BCUT2D eigenvalue weighted by Gasteiger charge is -2.37. The fourth-order valence-corrected chi connectivity index (χ4v) is 6.57. The lowest BCUT2D eigenvalue weighted by atomic mass is 9.63. The summed E-state index contributed by atoms with van der Waals surface area (Å²) < 4.78 is 0. The number of hydrogen-bond acceptors (Lipinski definition) is 3. The monoisotopic (exact) mass is 514 g/mol. The Morgan fingerprint density at radius 1 is 0.912 bits per heavy atom. The van der Waals surface area contributed by atoms with Crippen LogP contribution in [0.15, 0.2) is 48.6 Å². The number of benzene rings is 2. The quantitative estimate of drug-likeness (QED) is 0.393. The van der Waals surface area contributed by atoms with Crippen molar-refractivity contribution in [1.29, 1.82) is 0 Å². The number of rotatable bonds is 4. The van der Waals surface area contributed by atoms with Gasteiger partial charge in [0.25, 0.3) is 5.91 Å². The highest BCUT2D eigenvalue weighted by Crippen LogP contribution is 2.65. The number of likely N-dealkylation sites (tertiary alicyclic amines) is 1. The lowest BCUT2D eigenvalue weighted by Crippen LogP contribution is -2.45. The number of carbonyl (C=O) groups is 3. The lowest BCUT2D eigenvalue weighted by molar-refractivity contribution is -0.140. The van der Waals surface area contributed by atoms with Crippen molar-refractivity contribution >= 4 is 58.2 Å². The molecule has 0 N–H and O–H groups in total. The van der Waals surface area contributed by atoms with Crippen molar-refractivity contribution in [2.24, 2.45) is 35.5 Å². The molecule has 5 aliphatic rings. The van der Waals surface area contributed by atoms with Crippen molar-refractivity contribution in [1.82, 2.24) is 4.90 Å². The molecule has 174 valence electrons. The summed E-state index contributed by atoms with van der Waals surface area (Å²) in [6.45, 7) is 1.68. The van der Waals surface area contributed by atoms with E-state index in [0.29, 0.717) is 33.1 Å². The molecule has 34 heavy (non-hydrogen) atoms. The molecule has 1 heterocycles. The van der Waals surface area contributed by atoms with Crippen LogP contribution >= 0.6 is 34.8 Å². The van der Waals surface area contributed by atoms with Crippen LogP contribution in [0.25, 0.3) is 0 Å². The van der Waals surface area contributed by atoms with Crippen LogP contribution in [0, 0.1) is 42.4 Å². The van der Waals surface area contributed by atoms with Gasteiger partial charge >= 0.3 is 0 Å². The average Bonchev–Trinajstić information content (AvgIpc) is 3.61. The van der Waals surface area contributed by atoms with E-state index in [9.17, 15) is 14.4 Å². The predicted octanol–water partition coefficient (Wildman–Crippen LogP) is 5.61. The van der Waals surface area contributed by atoms with Gasteiger partial charge in [-0.1, -0.05) is 53.0 Å². The fraction of sp³-hybridized carbons (Fsp3) is 0.346. The smallest absolute Gasteiger partial charge is 0.259 e. The summed E-state index contributed by atoms with van der Waals surface area (Å²) >= 11 is 18.6. The number of imide groups is 1. The van der Waals surface area contributed by atoms with Crippen molar-refractivity contribution in [2.75, 3.05) is 11.6 Å². The molecular weight excluding hydrogens is 495 g/mol. The van der Waals surface area contributed by atoms with Gasteiger partial charge in [-0.2, -0.15) is 0 Å². The van der Waals surface area contributed by atoms with E-state index in [1.165, 1.54) is 15.9 Å². The summed E-state index contributed by atoms with van der Waals surface area (Å²) in [5.41, 5.74) is 1.64. The van der Waals surface area contributed by atoms with Gasteiger partial charge in [0.2, 0.25) is 11.8 Å². The summed E-state index contributed by atoms with van der Waals surface area (Å²) in [5, 5.41) is 1.06. The van der Waals surface area contributed by atoms with Crippen LogP contribution in [0.3, 0.4) is 0 Å². The molecule has 0 aromatic heterocycles. The number of halogens is 3. The first-order valence-corrected chi connectivity index (χ1v) is 12.5. The molecule has 7 rings (SSSR count). The molecule has 2 aromatic rings. The van der Waals surface area contributed by atoms with E-state index in [-0.39, 0.29) is 47.2 Å². The van der Waals surface area contributed by atoms with E-state index in [1.54, 1.807) is 30.3 Å². The minimum Gasteiger partial charge on any atom is -0.289 e. The van der Waals surface area contributed by atoms with Crippen LogP contribution in [0.5, 0.6) is 0 Å². The maximum absolute atomic E-state index is 13.6. The fourth-order valence-electron chi connectivity index (χ4n) is 6.10. The molecule has 0 spiro atoms. The van der Waals surface area contributed by atoms with E-state index in [0.717, 1.165) is 12.0 Å². The number of anilines is 1. The van der Waals surface area contributed by atoms with Crippen LogP contribution < -0.4 is 4.90 Å². The van der Waals surface area contributed by atoms with E-state index >= 15 is 0 Å². The summed E-state index contributed by atoms with van der Waals surface area (Å²) in [5.74, 6) is -0.170. The number of aryl methyl sites for hydroxylation is 1. The molecule has 6 atom stereocenters. The first-order chi connectivity index (χ1) is 16.3. The maximum Gasteiger partial charge on any atom is 0.259 e. The number of amides is 3. The Labute approximate surface area is 212 Å². The third kappa shape index (κ3) is 3.24. The maximum atomic E-state index is 13.6. The molecule has 5 nitrogen and oxygen atoms in total. The number of hydrogen-bond donors (Lipinski definition) is 0. The van der Waals surface area contributed by atoms with Crippen LogP contribution in [0.1, 0.15) is 22.3 Å². The van der Waals surface area contributed by atoms with Crippen molar-refractivity contribution in [3.63, 3.8) is 0 Å². The first-order valence-electron chi connectivity index (χ1n) is 11.3. The molecule has 3 fully saturated rings. The highest BCUT2D eigenvalue weighted by atomic mass is 35.5. The van der Waals surface area contributed by atoms with Crippen LogP contribution in [0.2, 0.25) is 15.1 Å². The molecule has 2 bridgehead atoms. The molecule has 3 amide bonds. The second-order valence-electron chi connectivity index (χ2n) is 9.70. The van der Waals surface area contributed by atoms with E-state index in [4.69, 9.17) is 34.8 Å². The molecule has 4 aliphatic carbocycles. The normalized spacial score (nSPS) is 30.4. The molecule has 2 aromatic carbocycles. The van der Waals surface area contributed by atoms with Crippen molar-refractivity contribution in [3.8, 4) is 0 Å². The highest BCUT2D eigenvalue weighted by molar-refractivity contribution is 6.42. The standard InChI is InChI=1S/C26H21Cl3N2O3/c1-12-2-4-14(9-20(12)28)30(24(32)13-3-7-19(27)21(29)8-13)11-31-25(33)22-15-5-6-16(18-10-17(15)18)23(22)26(31)34/h2-9,15-18,22-23H,10-11H2,1H3.